The van der Waals surface area contributed by atoms with Crippen LogP contribution in [0.5, 0.6) is 5.75 Å². The molecule has 0 spiro atoms. The highest BCUT2D eigenvalue weighted by molar-refractivity contribution is 7.09. The van der Waals surface area contributed by atoms with E-state index in [0.717, 1.165) is 48.6 Å². The zero-order chi connectivity index (χ0) is 25.3. The molecule has 1 saturated heterocycles. The Labute approximate surface area is 217 Å². The lowest BCUT2D eigenvalue weighted by atomic mass is 10.1. The fraction of sp³-hybridized carbons (Fsp3) is 0.444. The lowest BCUT2D eigenvalue weighted by Crippen LogP contribution is -2.49. The molecule has 3 aromatic rings. The summed E-state index contributed by atoms with van der Waals surface area (Å²) in [5.74, 6) is 1.83. The normalized spacial score (nSPS) is 13.6. The smallest absolute Gasteiger partial charge is 0.224 e. The Kier molecular flexibility index (Phi) is 9.13. The molecule has 0 atom stereocenters. The molecule has 192 valence electrons. The number of methoxy groups -OCH3 is 2. The van der Waals surface area contributed by atoms with Gasteiger partial charge in [-0.05, 0) is 36.8 Å². The van der Waals surface area contributed by atoms with Crippen molar-refractivity contribution < 1.29 is 14.3 Å². The van der Waals surface area contributed by atoms with Crippen molar-refractivity contribution in [3.05, 3.63) is 65.5 Å². The van der Waals surface area contributed by atoms with Gasteiger partial charge in [-0.25, -0.2) is 4.98 Å². The molecule has 0 aliphatic carbocycles. The first-order chi connectivity index (χ1) is 17.6. The number of ether oxygens (including phenoxy) is 2. The van der Waals surface area contributed by atoms with Crippen molar-refractivity contribution in [1.29, 1.82) is 0 Å². The SMILES string of the molecule is COCCN(CCC(=O)N1CCN(c2ccc(OC)cc2)CC1)c1nc(Cc2ccc(C)cc2)ns1. The molecule has 0 radical (unpaired) electrons. The van der Waals surface area contributed by atoms with E-state index in [1.807, 2.05) is 17.0 Å². The average molecular weight is 510 g/mol. The summed E-state index contributed by atoms with van der Waals surface area (Å²) in [5.41, 5.74) is 3.59. The number of carbonyl (C=O) groups is 1. The van der Waals surface area contributed by atoms with Crippen molar-refractivity contribution in [2.45, 2.75) is 19.8 Å². The van der Waals surface area contributed by atoms with Crippen LogP contribution >= 0.6 is 11.5 Å². The molecule has 0 bridgehead atoms. The molecule has 0 N–H and O–H groups in total. The van der Waals surface area contributed by atoms with Crippen LogP contribution in [0, 0.1) is 6.92 Å². The molecule has 1 aliphatic heterocycles. The average Bonchev–Trinajstić information content (AvgIpc) is 3.38. The monoisotopic (exact) mass is 509 g/mol. The van der Waals surface area contributed by atoms with Crippen molar-refractivity contribution >= 4 is 28.3 Å². The highest BCUT2D eigenvalue weighted by atomic mass is 32.1. The van der Waals surface area contributed by atoms with Gasteiger partial charge in [0.25, 0.3) is 0 Å². The van der Waals surface area contributed by atoms with E-state index in [0.29, 0.717) is 32.5 Å². The molecule has 2 aromatic carbocycles. The first kappa shape index (κ1) is 25.9. The van der Waals surface area contributed by atoms with Gasteiger partial charge in [0, 0.05) is 76.4 Å². The van der Waals surface area contributed by atoms with Crippen LogP contribution in [0.15, 0.2) is 48.5 Å². The van der Waals surface area contributed by atoms with Gasteiger partial charge in [-0.1, -0.05) is 29.8 Å². The van der Waals surface area contributed by atoms with Crippen LogP contribution in [0.2, 0.25) is 0 Å². The van der Waals surface area contributed by atoms with Crippen LogP contribution in [-0.4, -0.2) is 80.3 Å². The molecule has 1 fully saturated rings. The summed E-state index contributed by atoms with van der Waals surface area (Å²) < 4.78 is 15.1. The van der Waals surface area contributed by atoms with Crippen molar-refractivity contribution in [2.24, 2.45) is 0 Å². The Morgan fingerprint density at radius 1 is 1.00 bits per heavy atom. The number of aryl methyl sites for hydroxylation is 1. The van der Waals surface area contributed by atoms with Crippen molar-refractivity contribution in [3.8, 4) is 5.75 Å². The van der Waals surface area contributed by atoms with Gasteiger partial charge in [-0.2, -0.15) is 4.37 Å². The summed E-state index contributed by atoms with van der Waals surface area (Å²) in [6.45, 7) is 7.02. The molecular formula is C27H35N5O3S. The maximum absolute atomic E-state index is 13.0. The highest BCUT2D eigenvalue weighted by Crippen LogP contribution is 2.22. The van der Waals surface area contributed by atoms with E-state index in [9.17, 15) is 4.79 Å². The van der Waals surface area contributed by atoms with Gasteiger partial charge in [-0.3, -0.25) is 4.79 Å². The predicted molar refractivity (Wildman–Crippen MR) is 144 cm³/mol. The van der Waals surface area contributed by atoms with Crippen LogP contribution in [-0.2, 0) is 16.0 Å². The zero-order valence-corrected chi connectivity index (χ0v) is 22.2. The number of nitrogens with zero attached hydrogens (tertiary/aromatic N) is 5. The second-order valence-corrected chi connectivity index (χ2v) is 9.68. The maximum atomic E-state index is 13.0. The highest BCUT2D eigenvalue weighted by Gasteiger charge is 2.22. The van der Waals surface area contributed by atoms with Gasteiger partial charge in [0.2, 0.25) is 11.0 Å². The molecule has 1 amide bonds. The molecule has 2 heterocycles. The standard InChI is InChI=1S/C27H35N5O3S/c1-21-4-6-22(7-5-21)20-25-28-27(36-29-25)32(18-19-34-2)13-12-26(33)31-16-14-30(15-17-31)23-8-10-24(35-3)11-9-23/h4-11H,12-20H2,1-3H3. The molecule has 9 heteroatoms. The van der Waals surface area contributed by atoms with Gasteiger partial charge >= 0.3 is 0 Å². The summed E-state index contributed by atoms with van der Waals surface area (Å²) in [5, 5.41) is 0.839. The third-order valence-electron chi connectivity index (χ3n) is 6.44. The van der Waals surface area contributed by atoms with E-state index in [4.69, 9.17) is 14.5 Å². The Morgan fingerprint density at radius 2 is 1.72 bits per heavy atom. The first-order valence-electron chi connectivity index (χ1n) is 12.3. The minimum absolute atomic E-state index is 0.177. The van der Waals surface area contributed by atoms with E-state index in [1.54, 1.807) is 14.2 Å². The number of hydrogen-bond donors (Lipinski definition) is 0. The molecule has 0 saturated carbocycles. The van der Waals surface area contributed by atoms with Gasteiger partial charge in [0.05, 0.1) is 13.7 Å². The van der Waals surface area contributed by atoms with E-state index in [1.165, 1.54) is 22.7 Å². The van der Waals surface area contributed by atoms with E-state index in [-0.39, 0.29) is 5.91 Å². The molecule has 1 aromatic heterocycles. The number of carbonyl (C=O) groups excluding carboxylic acids is 1. The van der Waals surface area contributed by atoms with Gasteiger partial charge < -0.3 is 24.2 Å². The van der Waals surface area contributed by atoms with Gasteiger partial charge in [0.1, 0.15) is 11.6 Å². The Hall–Kier alpha value is -3.17. The second kappa shape index (κ2) is 12.7. The quantitative estimate of drug-likeness (QED) is 0.391. The lowest BCUT2D eigenvalue weighted by molar-refractivity contribution is -0.131. The van der Waals surface area contributed by atoms with E-state index >= 15 is 0 Å². The number of rotatable bonds is 11. The topological polar surface area (TPSA) is 71.0 Å². The third-order valence-corrected chi connectivity index (χ3v) is 7.26. The zero-order valence-electron chi connectivity index (χ0n) is 21.4. The van der Waals surface area contributed by atoms with Crippen LogP contribution in [0.4, 0.5) is 10.8 Å². The summed E-state index contributed by atoms with van der Waals surface area (Å²) in [4.78, 5) is 24.2. The minimum Gasteiger partial charge on any atom is -0.497 e. The largest absolute Gasteiger partial charge is 0.497 e. The molecule has 36 heavy (non-hydrogen) atoms. The van der Waals surface area contributed by atoms with E-state index in [2.05, 4.69) is 57.5 Å². The third kappa shape index (κ3) is 6.95. The number of anilines is 2. The maximum Gasteiger partial charge on any atom is 0.224 e. The van der Waals surface area contributed by atoms with Crippen LogP contribution < -0.4 is 14.5 Å². The summed E-state index contributed by atoms with van der Waals surface area (Å²) in [7, 11) is 3.36. The number of benzene rings is 2. The predicted octanol–water partition coefficient (Wildman–Crippen LogP) is 3.64. The summed E-state index contributed by atoms with van der Waals surface area (Å²) >= 11 is 1.39. The number of hydrogen-bond acceptors (Lipinski definition) is 8. The fourth-order valence-electron chi connectivity index (χ4n) is 4.23. The van der Waals surface area contributed by atoms with Crippen LogP contribution in [0.25, 0.3) is 0 Å². The molecular weight excluding hydrogens is 474 g/mol. The number of amides is 1. The van der Waals surface area contributed by atoms with Crippen LogP contribution in [0.3, 0.4) is 0 Å². The number of piperazine rings is 1. The van der Waals surface area contributed by atoms with Crippen molar-refractivity contribution in [1.82, 2.24) is 14.3 Å². The molecule has 8 nitrogen and oxygen atoms in total. The Balaban J connectivity index is 1.29. The molecule has 1 aliphatic rings. The second-order valence-electron chi connectivity index (χ2n) is 8.95. The lowest BCUT2D eigenvalue weighted by Gasteiger charge is -2.36. The Bertz CT molecular complexity index is 1100. The van der Waals surface area contributed by atoms with Crippen LogP contribution in [0.1, 0.15) is 23.4 Å². The first-order valence-corrected chi connectivity index (χ1v) is 13.1. The van der Waals surface area contributed by atoms with Crippen molar-refractivity contribution in [3.63, 3.8) is 0 Å². The van der Waals surface area contributed by atoms with E-state index < -0.39 is 0 Å². The summed E-state index contributed by atoms with van der Waals surface area (Å²) in [6, 6.07) is 16.5. The summed E-state index contributed by atoms with van der Waals surface area (Å²) in [6.07, 6.45) is 1.14. The fourth-order valence-corrected chi connectivity index (χ4v) is 4.97. The van der Waals surface area contributed by atoms with Gasteiger partial charge in [-0.15, -0.1) is 0 Å². The van der Waals surface area contributed by atoms with Crippen molar-refractivity contribution in [2.75, 3.05) is 69.9 Å². The minimum atomic E-state index is 0.177. The van der Waals surface area contributed by atoms with Gasteiger partial charge in [0.15, 0.2) is 0 Å². The molecule has 4 rings (SSSR count). The Morgan fingerprint density at radius 3 is 2.39 bits per heavy atom. The molecule has 0 unspecified atom stereocenters. The number of aromatic nitrogens is 2.